The summed E-state index contributed by atoms with van der Waals surface area (Å²) >= 11 is 0. The summed E-state index contributed by atoms with van der Waals surface area (Å²) in [6, 6.07) is 12.8. The molecule has 0 saturated heterocycles. The summed E-state index contributed by atoms with van der Waals surface area (Å²) in [4.78, 5) is 12.0. The topological polar surface area (TPSA) is 66.0 Å². The molecule has 2 aromatic rings. The zero-order valence-electron chi connectivity index (χ0n) is 16.6. The minimum absolute atomic E-state index is 0.164. The molecule has 1 aliphatic rings. The SMILES string of the molecule is COC[C@H](C)Oc1cc(Oc2ccc(NCC3CC3)cc2)cc(C(=O)OC)c1. The van der Waals surface area contributed by atoms with Crippen LogP contribution in [0.15, 0.2) is 42.5 Å². The van der Waals surface area contributed by atoms with Crippen LogP contribution in [0.4, 0.5) is 5.69 Å². The van der Waals surface area contributed by atoms with E-state index in [1.54, 1.807) is 25.3 Å². The molecule has 0 aliphatic heterocycles. The Kier molecular flexibility index (Phi) is 6.76. The fourth-order valence-electron chi connectivity index (χ4n) is 2.80. The fraction of sp³-hybridized carbons (Fsp3) is 0.409. The van der Waals surface area contributed by atoms with E-state index in [2.05, 4.69) is 5.32 Å². The summed E-state index contributed by atoms with van der Waals surface area (Å²) in [6.45, 7) is 3.35. The number of hydrogen-bond acceptors (Lipinski definition) is 6. The Morgan fingerprint density at radius 3 is 2.43 bits per heavy atom. The first-order valence-corrected chi connectivity index (χ1v) is 9.48. The summed E-state index contributed by atoms with van der Waals surface area (Å²) in [5.74, 6) is 2.06. The van der Waals surface area contributed by atoms with Gasteiger partial charge in [-0.15, -0.1) is 0 Å². The van der Waals surface area contributed by atoms with E-state index in [4.69, 9.17) is 18.9 Å². The third-order valence-corrected chi connectivity index (χ3v) is 4.42. The lowest BCUT2D eigenvalue weighted by Gasteiger charge is -2.16. The van der Waals surface area contributed by atoms with E-state index < -0.39 is 5.97 Å². The monoisotopic (exact) mass is 385 g/mol. The van der Waals surface area contributed by atoms with Gasteiger partial charge in [0.25, 0.3) is 0 Å². The first-order chi connectivity index (χ1) is 13.6. The molecule has 28 heavy (non-hydrogen) atoms. The molecule has 6 nitrogen and oxygen atoms in total. The second-order valence-corrected chi connectivity index (χ2v) is 7.02. The third kappa shape index (κ3) is 5.89. The van der Waals surface area contributed by atoms with E-state index in [1.165, 1.54) is 20.0 Å². The summed E-state index contributed by atoms with van der Waals surface area (Å²) in [5, 5.41) is 3.42. The average Bonchev–Trinajstić information content (AvgIpc) is 3.51. The van der Waals surface area contributed by atoms with E-state index in [0.29, 0.717) is 29.4 Å². The summed E-state index contributed by atoms with van der Waals surface area (Å²) < 4.78 is 21.7. The maximum atomic E-state index is 12.0. The second kappa shape index (κ2) is 9.46. The number of ether oxygens (including phenoxy) is 4. The summed E-state index contributed by atoms with van der Waals surface area (Å²) in [6.07, 6.45) is 2.47. The van der Waals surface area contributed by atoms with E-state index in [1.807, 2.05) is 31.2 Å². The lowest BCUT2D eigenvalue weighted by molar-refractivity contribution is 0.0598. The van der Waals surface area contributed by atoms with Crippen LogP contribution in [0.5, 0.6) is 17.2 Å². The Hall–Kier alpha value is -2.73. The van der Waals surface area contributed by atoms with Gasteiger partial charge in [0.1, 0.15) is 23.4 Å². The van der Waals surface area contributed by atoms with Gasteiger partial charge in [-0.2, -0.15) is 0 Å². The number of esters is 1. The van der Waals surface area contributed by atoms with E-state index in [-0.39, 0.29) is 6.10 Å². The molecule has 1 saturated carbocycles. The minimum atomic E-state index is -0.450. The van der Waals surface area contributed by atoms with Gasteiger partial charge in [0, 0.05) is 25.4 Å². The van der Waals surface area contributed by atoms with E-state index in [9.17, 15) is 4.79 Å². The Morgan fingerprint density at radius 2 is 1.79 bits per heavy atom. The Balaban J connectivity index is 1.72. The highest BCUT2D eigenvalue weighted by Gasteiger charge is 2.20. The zero-order valence-corrected chi connectivity index (χ0v) is 16.6. The van der Waals surface area contributed by atoms with Crippen molar-refractivity contribution in [3.63, 3.8) is 0 Å². The third-order valence-electron chi connectivity index (χ3n) is 4.42. The quantitative estimate of drug-likeness (QED) is 0.608. The predicted octanol–water partition coefficient (Wildman–Crippen LogP) is 4.50. The van der Waals surface area contributed by atoms with E-state index >= 15 is 0 Å². The van der Waals surface area contributed by atoms with Crippen molar-refractivity contribution in [1.29, 1.82) is 0 Å². The molecule has 1 aliphatic carbocycles. The largest absolute Gasteiger partial charge is 0.488 e. The molecule has 3 rings (SSSR count). The van der Waals surface area contributed by atoms with Crippen LogP contribution in [-0.2, 0) is 9.47 Å². The molecular formula is C22H27NO5. The lowest BCUT2D eigenvalue weighted by Crippen LogP contribution is -2.18. The van der Waals surface area contributed by atoms with Crippen LogP contribution in [0.25, 0.3) is 0 Å². The van der Waals surface area contributed by atoms with Crippen molar-refractivity contribution in [3.05, 3.63) is 48.0 Å². The van der Waals surface area contributed by atoms with Gasteiger partial charge in [0.2, 0.25) is 0 Å². The normalized spacial score (nSPS) is 14.2. The van der Waals surface area contributed by atoms with Crippen molar-refractivity contribution in [2.45, 2.75) is 25.9 Å². The minimum Gasteiger partial charge on any atom is -0.488 e. The number of nitrogens with one attached hydrogen (secondary N) is 1. The van der Waals surface area contributed by atoms with E-state index in [0.717, 1.165) is 18.2 Å². The molecule has 6 heteroatoms. The van der Waals surface area contributed by atoms with Gasteiger partial charge < -0.3 is 24.3 Å². The van der Waals surface area contributed by atoms with Gasteiger partial charge in [0.15, 0.2) is 0 Å². The highest BCUT2D eigenvalue weighted by atomic mass is 16.5. The molecule has 0 amide bonds. The lowest BCUT2D eigenvalue weighted by atomic mass is 10.2. The molecule has 150 valence electrons. The molecule has 0 heterocycles. The Bertz CT molecular complexity index is 786. The Labute approximate surface area is 165 Å². The fourth-order valence-corrected chi connectivity index (χ4v) is 2.80. The van der Waals surface area contributed by atoms with Crippen molar-refractivity contribution >= 4 is 11.7 Å². The van der Waals surface area contributed by atoms with Crippen LogP contribution >= 0.6 is 0 Å². The molecule has 1 N–H and O–H groups in total. The van der Waals surface area contributed by atoms with Crippen LogP contribution < -0.4 is 14.8 Å². The van der Waals surface area contributed by atoms with Crippen LogP contribution in [0.2, 0.25) is 0 Å². The second-order valence-electron chi connectivity index (χ2n) is 7.02. The van der Waals surface area contributed by atoms with Crippen molar-refractivity contribution < 1.29 is 23.7 Å². The maximum absolute atomic E-state index is 12.0. The molecule has 0 aromatic heterocycles. The molecule has 0 radical (unpaired) electrons. The van der Waals surface area contributed by atoms with Crippen LogP contribution in [0.1, 0.15) is 30.1 Å². The van der Waals surface area contributed by atoms with Gasteiger partial charge in [-0.3, -0.25) is 0 Å². The number of carbonyl (C=O) groups excluding carboxylic acids is 1. The highest BCUT2D eigenvalue weighted by molar-refractivity contribution is 5.90. The highest BCUT2D eigenvalue weighted by Crippen LogP contribution is 2.31. The number of hydrogen-bond donors (Lipinski definition) is 1. The summed E-state index contributed by atoms with van der Waals surface area (Å²) in [5.41, 5.74) is 1.43. The number of carbonyl (C=O) groups is 1. The van der Waals surface area contributed by atoms with Gasteiger partial charge in [-0.25, -0.2) is 4.79 Å². The van der Waals surface area contributed by atoms with Crippen molar-refractivity contribution in [1.82, 2.24) is 0 Å². The van der Waals surface area contributed by atoms with Gasteiger partial charge >= 0.3 is 5.97 Å². The number of anilines is 1. The molecular weight excluding hydrogens is 358 g/mol. The van der Waals surface area contributed by atoms with Gasteiger partial charge in [-0.1, -0.05) is 0 Å². The molecule has 1 fully saturated rings. The van der Waals surface area contributed by atoms with Gasteiger partial charge in [0.05, 0.1) is 19.3 Å². The van der Waals surface area contributed by atoms with Crippen molar-refractivity contribution in [2.75, 3.05) is 32.7 Å². The molecule has 2 aromatic carbocycles. The number of methoxy groups -OCH3 is 2. The standard InChI is InChI=1S/C22H27NO5/c1-15(14-25-2)27-20-10-17(22(24)26-3)11-21(12-20)28-19-8-6-18(7-9-19)23-13-16-4-5-16/h6-12,15-16,23H,4-5,13-14H2,1-3H3/t15-/m0/s1. The smallest absolute Gasteiger partial charge is 0.338 e. The molecule has 0 unspecified atom stereocenters. The van der Waals surface area contributed by atoms with Crippen LogP contribution in [0.3, 0.4) is 0 Å². The zero-order chi connectivity index (χ0) is 19.9. The van der Waals surface area contributed by atoms with Crippen molar-refractivity contribution in [3.8, 4) is 17.2 Å². The van der Waals surface area contributed by atoms with Crippen LogP contribution in [-0.4, -0.2) is 39.4 Å². The predicted molar refractivity (Wildman–Crippen MR) is 107 cm³/mol. The van der Waals surface area contributed by atoms with Crippen molar-refractivity contribution in [2.24, 2.45) is 5.92 Å². The van der Waals surface area contributed by atoms with Crippen LogP contribution in [0, 0.1) is 5.92 Å². The molecule has 0 spiro atoms. The molecule has 0 bridgehead atoms. The average molecular weight is 385 g/mol. The Morgan fingerprint density at radius 1 is 1.07 bits per heavy atom. The maximum Gasteiger partial charge on any atom is 0.338 e. The summed E-state index contributed by atoms with van der Waals surface area (Å²) in [7, 11) is 2.96. The first-order valence-electron chi connectivity index (χ1n) is 9.48. The first kappa shape index (κ1) is 20.0. The number of rotatable bonds is 10. The number of benzene rings is 2. The van der Waals surface area contributed by atoms with Gasteiger partial charge in [-0.05, 0) is 62.1 Å². The molecule has 1 atom stereocenters.